The number of imidazole rings is 1. The molecule has 3 N–H and O–H groups in total. The lowest BCUT2D eigenvalue weighted by molar-refractivity contribution is -0.135. The van der Waals surface area contributed by atoms with E-state index in [1.807, 2.05) is 13.0 Å². The molecular formula is C42H49N9O4S. The largest absolute Gasteiger partial charge is 0.381 e. The standard InChI is InChI=1S/C42H49N9O4S/c1-25-22-43-37-36-28-4-9-34(45-29(28)5-8-33(36)56-38(37)40(54)44-25)49-16-11-26(12-17-49)23-48-18-13-42(14-19-48)15-20-50(24-42)27-3-6-30-32(21-27)47(2)41(55)51(30)31-7-10-35(52)46-39(31)53/h3-6,8-9,21,25-26,31,43H,7,10-20,22-24H2,1-2H3,(H,44,54)(H,46,52,53)/t25-,31?/m1/s1. The van der Waals surface area contributed by atoms with Gasteiger partial charge in [0.25, 0.3) is 5.91 Å². The average molecular weight is 776 g/mol. The van der Waals surface area contributed by atoms with E-state index < -0.39 is 11.9 Å². The number of fused-ring (bicyclic) bond motifs is 6. The molecule has 3 aromatic heterocycles. The molecule has 4 saturated heterocycles. The van der Waals surface area contributed by atoms with Crippen molar-refractivity contribution in [1.29, 1.82) is 0 Å². The Hall–Kier alpha value is -4.95. The fraction of sp³-hybridized carbons (Fsp3) is 0.500. The number of aryl methyl sites for hydroxylation is 1. The monoisotopic (exact) mass is 775 g/mol. The van der Waals surface area contributed by atoms with Crippen LogP contribution in [0.5, 0.6) is 0 Å². The Morgan fingerprint density at radius 1 is 0.893 bits per heavy atom. The molecular weight excluding hydrogens is 727 g/mol. The first-order valence-corrected chi connectivity index (χ1v) is 21.1. The fourth-order valence-electron chi connectivity index (χ4n) is 10.2. The molecule has 56 heavy (non-hydrogen) atoms. The van der Waals surface area contributed by atoms with Gasteiger partial charge in [-0.05, 0) is 112 Å². The lowest BCUT2D eigenvalue weighted by Gasteiger charge is -2.42. The van der Waals surface area contributed by atoms with Gasteiger partial charge in [0, 0.05) is 79.9 Å². The Morgan fingerprint density at radius 3 is 2.50 bits per heavy atom. The lowest BCUT2D eigenvalue weighted by atomic mass is 9.77. The molecule has 4 fully saturated rings. The Morgan fingerprint density at radius 2 is 1.70 bits per heavy atom. The van der Waals surface area contributed by atoms with Crippen LogP contribution >= 0.6 is 11.3 Å². The zero-order valence-electron chi connectivity index (χ0n) is 32.1. The summed E-state index contributed by atoms with van der Waals surface area (Å²) in [6.45, 7) is 10.2. The van der Waals surface area contributed by atoms with E-state index in [1.165, 1.54) is 32.1 Å². The third-order valence-electron chi connectivity index (χ3n) is 13.4. The summed E-state index contributed by atoms with van der Waals surface area (Å²) >= 11 is 1.55. The number of nitrogens with zero attached hydrogens (tertiary/aromatic N) is 6. The van der Waals surface area contributed by atoms with E-state index in [-0.39, 0.29) is 30.0 Å². The van der Waals surface area contributed by atoms with Gasteiger partial charge in [0.15, 0.2) is 0 Å². The number of likely N-dealkylation sites (tertiary alicyclic amines) is 1. The van der Waals surface area contributed by atoms with Crippen LogP contribution in [0.1, 0.15) is 67.6 Å². The molecule has 1 unspecified atom stereocenters. The highest BCUT2D eigenvalue weighted by Crippen LogP contribution is 2.44. The summed E-state index contributed by atoms with van der Waals surface area (Å²) in [5.74, 6) is 1.03. The highest BCUT2D eigenvalue weighted by Gasteiger charge is 2.41. The van der Waals surface area contributed by atoms with Gasteiger partial charge >= 0.3 is 5.69 Å². The summed E-state index contributed by atoms with van der Waals surface area (Å²) in [5.41, 5.74) is 4.66. The third-order valence-corrected chi connectivity index (χ3v) is 14.6. The minimum atomic E-state index is -0.673. The Labute approximate surface area is 329 Å². The molecule has 0 bridgehead atoms. The smallest absolute Gasteiger partial charge is 0.329 e. The topological polar surface area (TPSA) is 137 Å². The first-order valence-electron chi connectivity index (χ1n) is 20.3. The van der Waals surface area contributed by atoms with Gasteiger partial charge in [-0.3, -0.25) is 28.8 Å². The van der Waals surface area contributed by atoms with Crippen LogP contribution in [-0.4, -0.2) is 95.1 Å². The second-order valence-electron chi connectivity index (χ2n) is 17.0. The molecule has 2 aromatic carbocycles. The molecule has 292 valence electrons. The van der Waals surface area contributed by atoms with Gasteiger partial charge in [-0.1, -0.05) is 0 Å². The molecule has 2 atom stereocenters. The number of thiophene rings is 1. The maximum atomic E-state index is 13.3. The predicted octanol–water partition coefficient (Wildman–Crippen LogP) is 4.83. The molecule has 14 heteroatoms. The summed E-state index contributed by atoms with van der Waals surface area (Å²) in [6, 6.07) is 14.1. The number of piperidine rings is 3. The number of aromatic nitrogens is 3. The normalized spacial score (nSPS) is 23.5. The first-order chi connectivity index (χ1) is 27.1. The number of amides is 3. The van der Waals surface area contributed by atoms with Crippen molar-refractivity contribution in [3.8, 4) is 0 Å². The lowest BCUT2D eigenvalue weighted by Crippen LogP contribution is -2.45. The highest BCUT2D eigenvalue weighted by atomic mass is 32.1. The fourth-order valence-corrected chi connectivity index (χ4v) is 11.3. The minimum absolute atomic E-state index is 0.00279. The van der Waals surface area contributed by atoms with Gasteiger partial charge in [-0.2, -0.15) is 0 Å². The number of anilines is 3. The average Bonchev–Trinajstić information content (AvgIpc) is 3.84. The van der Waals surface area contributed by atoms with E-state index in [0.29, 0.717) is 24.3 Å². The zero-order valence-corrected chi connectivity index (χ0v) is 32.9. The van der Waals surface area contributed by atoms with Gasteiger partial charge in [0.05, 0.1) is 22.2 Å². The van der Waals surface area contributed by atoms with Crippen molar-refractivity contribution in [2.45, 2.75) is 64.0 Å². The van der Waals surface area contributed by atoms with E-state index in [1.54, 1.807) is 27.5 Å². The molecule has 0 saturated carbocycles. The molecule has 5 aromatic rings. The Balaban J connectivity index is 0.748. The molecule has 8 heterocycles. The van der Waals surface area contributed by atoms with Crippen LogP contribution in [0.4, 0.5) is 17.2 Å². The number of benzene rings is 2. The van der Waals surface area contributed by atoms with Crippen LogP contribution in [0.2, 0.25) is 0 Å². The molecule has 5 aliphatic rings. The Bertz CT molecular complexity index is 2470. The van der Waals surface area contributed by atoms with E-state index in [9.17, 15) is 19.2 Å². The van der Waals surface area contributed by atoms with Gasteiger partial charge in [-0.25, -0.2) is 9.78 Å². The van der Waals surface area contributed by atoms with Crippen molar-refractivity contribution in [2.24, 2.45) is 18.4 Å². The molecule has 13 nitrogen and oxygen atoms in total. The van der Waals surface area contributed by atoms with E-state index in [4.69, 9.17) is 4.98 Å². The van der Waals surface area contributed by atoms with Crippen molar-refractivity contribution >= 4 is 78.3 Å². The van der Waals surface area contributed by atoms with Gasteiger partial charge in [0.1, 0.15) is 16.7 Å². The summed E-state index contributed by atoms with van der Waals surface area (Å²) in [5, 5.41) is 11.2. The maximum Gasteiger partial charge on any atom is 0.329 e. The van der Waals surface area contributed by atoms with E-state index in [0.717, 1.165) is 99.9 Å². The second-order valence-corrected chi connectivity index (χ2v) is 18.0. The predicted molar refractivity (Wildman–Crippen MR) is 221 cm³/mol. The molecule has 0 aliphatic carbocycles. The van der Waals surface area contributed by atoms with Gasteiger partial charge < -0.3 is 25.3 Å². The number of carbonyl (C=O) groups is 3. The third kappa shape index (κ3) is 6.03. The van der Waals surface area contributed by atoms with E-state index >= 15 is 0 Å². The number of rotatable bonds is 5. The quantitative estimate of drug-likeness (QED) is 0.215. The van der Waals surface area contributed by atoms with Gasteiger partial charge in [0.2, 0.25) is 11.8 Å². The number of pyridine rings is 1. The molecule has 0 radical (unpaired) electrons. The minimum Gasteiger partial charge on any atom is -0.381 e. The summed E-state index contributed by atoms with van der Waals surface area (Å²) < 4.78 is 4.30. The van der Waals surface area contributed by atoms with Crippen LogP contribution in [0.25, 0.3) is 32.0 Å². The number of carbonyl (C=O) groups excluding carboxylic acids is 3. The van der Waals surface area contributed by atoms with Crippen molar-refractivity contribution in [3.05, 3.63) is 57.8 Å². The van der Waals surface area contributed by atoms with Crippen molar-refractivity contribution in [2.75, 3.05) is 67.5 Å². The number of hydrogen-bond acceptors (Lipinski definition) is 10. The summed E-state index contributed by atoms with van der Waals surface area (Å²) in [6.07, 6.45) is 6.49. The second kappa shape index (κ2) is 13.6. The molecule has 1 spiro atoms. The molecule has 10 rings (SSSR count). The van der Waals surface area contributed by atoms with Gasteiger partial charge in [-0.15, -0.1) is 11.3 Å². The molecule has 3 amide bonds. The van der Waals surface area contributed by atoms with Crippen LogP contribution in [0, 0.1) is 11.3 Å². The molecule has 5 aliphatic heterocycles. The highest BCUT2D eigenvalue weighted by molar-refractivity contribution is 7.21. The zero-order chi connectivity index (χ0) is 38.3. The first kappa shape index (κ1) is 35.5. The maximum absolute atomic E-state index is 13.3. The summed E-state index contributed by atoms with van der Waals surface area (Å²) in [7, 11) is 1.76. The number of imide groups is 1. The van der Waals surface area contributed by atoms with Crippen LogP contribution in [-0.2, 0) is 16.6 Å². The van der Waals surface area contributed by atoms with Crippen LogP contribution in [0.3, 0.4) is 0 Å². The van der Waals surface area contributed by atoms with Crippen LogP contribution in [0.15, 0.2) is 47.3 Å². The SMILES string of the molecule is C[C@@H]1CNc2c(sc3ccc4nc(N5CCC(CN6CCC7(CC6)CCN(c6ccc8c(c6)n(C)c(=O)n8C6CCC(=O)NC6=O)C7)CC5)ccc4c23)C(=O)N1. The number of nitrogens with one attached hydrogen (secondary N) is 3. The Kier molecular flexibility index (Phi) is 8.62. The van der Waals surface area contributed by atoms with Crippen molar-refractivity contribution in [1.82, 2.24) is 29.7 Å². The van der Waals surface area contributed by atoms with E-state index in [2.05, 4.69) is 67.0 Å². The van der Waals surface area contributed by atoms with Crippen LogP contribution < -0.4 is 31.4 Å². The van der Waals surface area contributed by atoms with Crippen molar-refractivity contribution in [3.63, 3.8) is 0 Å². The summed E-state index contributed by atoms with van der Waals surface area (Å²) in [4.78, 5) is 64.1. The van der Waals surface area contributed by atoms with Crippen molar-refractivity contribution < 1.29 is 14.4 Å². The number of hydrogen-bond donors (Lipinski definition) is 3.